The summed E-state index contributed by atoms with van der Waals surface area (Å²) in [6.07, 6.45) is 1.43. The van der Waals surface area contributed by atoms with Crippen molar-refractivity contribution in [3.63, 3.8) is 0 Å². The fraction of sp³-hybridized carbons (Fsp3) is 0.545. The van der Waals surface area contributed by atoms with Crippen molar-refractivity contribution in [1.29, 1.82) is 0 Å². The summed E-state index contributed by atoms with van der Waals surface area (Å²) in [5.74, 6) is 0.00657. The van der Waals surface area contributed by atoms with E-state index in [1.165, 1.54) is 6.33 Å². The molecule has 3 N–H and O–H groups in total. The second-order valence-corrected chi connectivity index (χ2v) is 7.03. The number of nitrogens with one attached hydrogen (secondary N) is 1. The molecule has 2 aromatic rings. The maximum absolute atomic E-state index is 12.1. The van der Waals surface area contributed by atoms with E-state index in [2.05, 4.69) is 15.0 Å². The smallest absolute Gasteiger partial charge is 0.369 e. The summed E-state index contributed by atoms with van der Waals surface area (Å²) < 4.78 is 31.0. The van der Waals surface area contributed by atoms with Gasteiger partial charge in [-0.3, -0.25) is 23.4 Å². The highest BCUT2D eigenvalue weighted by molar-refractivity contribution is 7.51. The first-order valence-corrected chi connectivity index (χ1v) is 8.38. The van der Waals surface area contributed by atoms with Gasteiger partial charge in [0.25, 0.3) is 5.56 Å². The number of hydrogen-bond donors (Lipinski definition) is 2. The van der Waals surface area contributed by atoms with Crippen LogP contribution in [-0.2, 0) is 25.1 Å². The Morgan fingerprint density at radius 2 is 2.35 bits per heavy atom. The van der Waals surface area contributed by atoms with Crippen molar-refractivity contribution in [2.75, 3.05) is 39.1 Å². The van der Waals surface area contributed by atoms with E-state index in [0.29, 0.717) is 18.8 Å². The maximum Gasteiger partial charge on any atom is 0.408 e. The number of rotatable bonds is 6. The zero-order valence-corrected chi connectivity index (χ0v) is 13.4. The van der Waals surface area contributed by atoms with Crippen LogP contribution in [0.25, 0.3) is 11.2 Å². The van der Waals surface area contributed by atoms with Gasteiger partial charge in [0.1, 0.15) is 6.73 Å². The van der Waals surface area contributed by atoms with Crippen LogP contribution < -0.4 is 11.3 Å². The number of fused-ring (bicyclic) bond motifs is 1. The third-order valence-electron chi connectivity index (χ3n) is 3.29. The van der Waals surface area contributed by atoms with Gasteiger partial charge in [-0.2, -0.15) is 4.98 Å². The highest BCUT2D eigenvalue weighted by atomic mass is 31.2. The average molecular weight is 344 g/mol. The molecular formula is C11H17N6O5P. The minimum absolute atomic E-state index is 0.00657. The number of likely N-dealkylation sites (N-methyl/N-ethyl adjacent to an activating group) is 1. The van der Waals surface area contributed by atoms with Gasteiger partial charge >= 0.3 is 7.75 Å². The van der Waals surface area contributed by atoms with Crippen LogP contribution in [0.15, 0.2) is 11.1 Å². The lowest BCUT2D eigenvalue weighted by Gasteiger charge is -2.17. The van der Waals surface area contributed by atoms with Crippen LogP contribution in [0.4, 0.5) is 5.95 Å². The van der Waals surface area contributed by atoms with E-state index in [1.54, 1.807) is 16.3 Å². The van der Waals surface area contributed by atoms with Crippen molar-refractivity contribution in [1.82, 2.24) is 24.2 Å². The van der Waals surface area contributed by atoms with Crippen LogP contribution >= 0.6 is 7.75 Å². The number of imidazole rings is 1. The summed E-state index contributed by atoms with van der Waals surface area (Å²) in [5.41, 5.74) is 5.62. The van der Waals surface area contributed by atoms with Gasteiger partial charge in [-0.25, -0.2) is 14.2 Å². The number of ether oxygens (including phenoxy) is 1. The molecule has 1 aliphatic heterocycles. The molecule has 23 heavy (non-hydrogen) atoms. The molecule has 11 nitrogen and oxygen atoms in total. The molecule has 1 fully saturated rings. The predicted octanol–water partition coefficient (Wildman–Crippen LogP) is -0.237. The Kier molecular flexibility index (Phi) is 4.46. The van der Waals surface area contributed by atoms with Crippen molar-refractivity contribution < 1.29 is 18.3 Å². The van der Waals surface area contributed by atoms with E-state index in [-0.39, 0.29) is 31.4 Å². The van der Waals surface area contributed by atoms with Crippen LogP contribution in [0.5, 0.6) is 0 Å². The number of aromatic amines is 1. The number of hydrogen-bond acceptors (Lipinski definition) is 8. The Labute approximate surface area is 130 Å². The minimum Gasteiger partial charge on any atom is -0.369 e. The van der Waals surface area contributed by atoms with Gasteiger partial charge in [0, 0.05) is 6.54 Å². The predicted molar refractivity (Wildman–Crippen MR) is 80.7 cm³/mol. The Morgan fingerprint density at radius 1 is 1.52 bits per heavy atom. The summed E-state index contributed by atoms with van der Waals surface area (Å²) in [6.45, 7) is 1.37. The number of nitrogens with two attached hydrogens (primary N) is 1. The molecule has 3 rings (SSSR count). The van der Waals surface area contributed by atoms with E-state index >= 15 is 0 Å². The third-order valence-corrected chi connectivity index (χ3v) is 5.35. The molecule has 1 unspecified atom stereocenters. The molecule has 0 aromatic carbocycles. The molecule has 0 spiro atoms. The van der Waals surface area contributed by atoms with Gasteiger partial charge in [0.05, 0.1) is 26.1 Å². The minimum atomic E-state index is -3.15. The standard InChI is InChI=1S/C11H17N6O5P/c1-16-2-3-21-23(16,19)22-5-4-20-7-17-6-13-8-9(17)14-11(12)15-10(8)18/h6H,2-5,7H2,1H3,(H3,12,14,15,18). The lowest BCUT2D eigenvalue weighted by molar-refractivity contribution is 0.0502. The molecule has 0 radical (unpaired) electrons. The zero-order valence-electron chi connectivity index (χ0n) is 12.5. The van der Waals surface area contributed by atoms with E-state index in [4.69, 9.17) is 19.5 Å². The second kappa shape index (κ2) is 6.38. The summed E-state index contributed by atoms with van der Waals surface area (Å²) in [5, 5.41) is 0. The molecule has 0 saturated carbocycles. The lowest BCUT2D eigenvalue weighted by Crippen LogP contribution is -2.14. The van der Waals surface area contributed by atoms with Gasteiger partial charge in [0.15, 0.2) is 11.2 Å². The molecule has 3 heterocycles. The molecule has 0 amide bonds. The highest BCUT2D eigenvalue weighted by Gasteiger charge is 2.35. The zero-order chi connectivity index (χ0) is 16.4. The molecule has 1 saturated heterocycles. The maximum atomic E-state index is 12.1. The molecule has 12 heteroatoms. The number of aromatic nitrogens is 4. The van der Waals surface area contributed by atoms with Crippen LogP contribution in [-0.4, -0.2) is 57.6 Å². The van der Waals surface area contributed by atoms with Gasteiger partial charge < -0.3 is 10.5 Å². The molecule has 2 aromatic heterocycles. The molecule has 1 aliphatic rings. The Morgan fingerprint density at radius 3 is 3.09 bits per heavy atom. The van der Waals surface area contributed by atoms with Crippen LogP contribution in [0.2, 0.25) is 0 Å². The number of nitrogens with zero attached hydrogens (tertiary/aromatic N) is 4. The van der Waals surface area contributed by atoms with Gasteiger partial charge in [0.2, 0.25) is 5.95 Å². The number of H-pyrrole nitrogens is 1. The molecule has 126 valence electrons. The first-order chi connectivity index (χ1) is 11.0. The Bertz CT molecular complexity index is 804. The van der Waals surface area contributed by atoms with Crippen molar-refractivity contribution in [2.45, 2.75) is 6.73 Å². The lowest BCUT2D eigenvalue weighted by atomic mass is 10.5. The van der Waals surface area contributed by atoms with E-state index < -0.39 is 13.3 Å². The monoisotopic (exact) mass is 344 g/mol. The Hall–Kier alpha value is -1.78. The van der Waals surface area contributed by atoms with Crippen LogP contribution in [0, 0.1) is 0 Å². The Balaban J connectivity index is 1.53. The van der Waals surface area contributed by atoms with Gasteiger partial charge in [-0.1, -0.05) is 0 Å². The first kappa shape index (κ1) is 16.1. The van der Waals surface area contributed by atoms with E-state index in [9.17, 15) is 9.36 Å². The van der Waals surface area contributed by atoms with Crippen LogP contribution in [0.1, 0.15) is 0 Å². The number of anilines is 1. The normalized spacial score (nSPS) is 22.1. The summed E-state index contributed by atoms with van der Waals surface area (Å²) in [6, 6.07) is 0. The second-order valence-electron chi connectivity index (χ2n) is 4.89. The van der Waals surface area contributed by atoms with Crippen LogP contribution in [0.3, 0.4) is 0 Å². The molecule has 0 bridgehead atoms. The first-order valence-electron chi connectivity index (χ1n) is 6.89. The van der Waals surface area contributed by atoms with Gasteiger partial charge in [-0.15, -0.1) is 0 Å². The van der Waals surface area contributed by atoms with E-state index in [0.717, 1.165) is 0 Å². The molecule has 1 atom stereocenters. The number of nitrogen functional groups attached to an aromatic ring is 1. The van der Waals surface area contributed by atoms with Crippen molar-refractivity contribution in [3.8, 4) is 0 Å². The SMILES string of the molecule is CN1CCOP1(=O)OCCOCn1cnc2c(=O)[nH]c(N)nc21. The third kappa shape index (κ3) is 3.28. The van der Waals surface area contributed by atoms with E-state index in [1.807, 2.05) is 0 Å². The highest BCUT2D eigenvalue weighted by Crippen LogP contribution is 2.54. The molecule has 0 aliphatic carbocycles. The topological polar surface area (TPSA) is 138 Å². The summed E-state index contributed by atoms with van der Waals surface area (Å²) >= 11 is 0. The largest absolute Gasteiger partial charge is 0.408 e. The van der Waals surface area contributed by atoms with Crippen molar-refractivity contribution in [3.05, 3.63) is 16.7 Å². The fourth-order valence-electron chi connectivity index (χ4n) is 2.08. The quantitative estimate of drug-likeness (QED) is 0.537. The average Bonchev–Trinajstić information content (AvgIpc) is 3.04. The summed E-state index contributed by atoms with van der Waals surface area (Å²) in [7, 11) is -1.47. The molecular weight excluding hydrogens is 327 g/mol. The van der Waals surface area contributed by atoms with Gasteiger partial charge in [-0.05, 0) is 7.05 Å². The fourth-order valence-corrected chi connectivity index (χ4v) is 3.50. The van der Waals surface area contributed by atoms with Crippen molar-refractivity contribution >= 4 is 24.9 Å². The van der Waals surface area contributed by atoms with Crippen molar-refractivity contribution in [2.24, 2.45) is 0 Å². The summed E-state index contributed by atoms with van der Waals surface area (Å²) in [4.78, 5) is 22.0.